The van der Waals surface area contributed by atoms with Crippen LogP contribution in [-0.4, -0.2) is 47.9 Å². The summed E-state index contributed by atoms with van der Waals surface area (Å²) in [5, 5.41) is 0. The molecule has 2 bridgehead atoms. The van der Waals surface area contributed by atoms with Crippen molar-refractivity contribution in [3.8, 4) is 0 Å². The van der Waals surface area contributed by atoms with Crippen LogP contribution in [0.5, 0.6) is 0 Å². The van der Waals surface area contributed by atoms with Crippen molar-refractivity contribution in [2.75, 3.05) is 0 Å². The molecule has 1 saturated carbocycles. The quantitative estimate of drug-likeness (QED) is 0.296. The fourth-order valence-corrected chi connectivity index (χ4v) is 6.47. The maximum absolute atomic E-state index is 12.8. The van der Waals surface area contributed by atoms with E-state index in [0.717, 1.165) is 18.4 Å². The SMILES string of the molecule is C=C1CC[C@H](C(C)C)[C@@H]2[C@H]1[C@@H]1O[C@H]2[C@](C)(OC(=O)CCC)CC[C@H](OC(C)=O)C(=C)[C@H]1OC(C)=O. The third-order valence-corrected chi connectivity index (χ3v) is 8.03. The first-order valence-corrected chi connectivity index (χ1v) is 13.0. The van der Waals surface area contributed by atoms with Gasteiger partial charge in [0.15, 0.2) is 6.10 Å². The Balaban J connectivity index is 2.15. The summed E-state index contributed by atoms with van der Waals surface area (Å²) in [5.74, 6) is -0.498. The Bertz CT molecular complexity index is 861. The van der Waals surface area contributed by atoms with E-state index in [-0.39, 0.29) is 17.8 Å². The van der Waals surface area contributed by atoms with E-state index >= 15 is 0 Å². The molecule has 3 aliphatic rings. The summed E-state index contributed by atoms with van der Waals surface area (Å²) < 4.78 is 24.4. The van der Waals surface area contributed by atoms with E-state index in [1.807, 2.05) is 13.8 Å². The van der Waals surface area contributed by atoms with Crippen LogP contribution in [0.3, 0.4) is 0 Å². The second-order valence-corrected chi connectivity index (χ2v) is 11.0. The van der Waals surface area contributed by atoms with Crippen LogP contribution in [0.25, 0.3) is 0 Å². The first kappa shape index (κ1) is 27.4. The van der Waals surface area contributed by atoms with Crippen LogP contribution < -0.4 is 0 Å². The highest BCUT2D eigenvalue weighted by molar-refractivity contribution is 5.70. The number of rotatable bonds is 6. The predicted molar refractivity (Wildman–Crippen MR) is 131 cm³/mol. The van der Waals surface area contributed by atoms with E-state index in [2.05, 4.69) is 27.0 Å². The Morgan fingerprint density at radius 3 is 2.34 bits per heavy atom. The highest BCUT2D eigenvalue weighted by atomic mass is 16.6. The highest BCUT2D eigenvalue weighted by Crippen LogP contribution is 2.56. The van der Waals surface area contributed by atoms with Crippen LogP contribution in [-0.2, 0) is 33.3 Å². The molecule has 7 nitrogen and oxygen atoms in total. The van der Waals surface area contributed by atoms with Gasteiger partial charge in [-0.15, -0.1) is 0 Å². The van der Waals surface area contributed by atoms with Gasteiger partial charge in [0, 0.05) is 37.7 Å². The minimum Gasteiger partial charge on any atom is -0.458 e. The van der Waals surface area contributed by atoms with Gasteiger partial charge in [-0.3, -0.25) is 14.4 Å². The van der Waals surface area contributed by atoms with E-state index in [1.54, 1.807) is 0 Å². The standard InChI is InChI=1S/C28H42O7/c1-9-10-22(31)35-28(8)14-13-21(32-18(6)29)17(5)25(33-19(7)30)26-23-16(4)11-12-20(15(2)3)24(23)27(28)34-26/h15,20-21,23-27H,4-5,9-14H2,1-3,6-8H3/t20-,21+,23+,24-,25-,26+,27-,28-/m1/s1. The number of hydrogen-bond donors (Lipinski definition) is 0. The Morgan fingerprint density at radius 2 is 1.77 bits per heavy atom. The molecule has 3 rings (SSSR count). The highest BCUT2D eigenvalue weighted by Gasteiger charge is 2.61. The average molecular weight is 491 g/mol. The molecule has 0 aromatic heterocycles. The molecule has 0 N–H and O–H groups in total. The van der Waals surface area contributed by atoms with Crippen LogP contribution in [0.15, 0.2) is 24.3 Å². The molecule has 0 aromatic carbocycles. The number of carbonyl (C=O) groups excluding carboxylic acids is 3. The molecule has 0 aromatic rings. The minimum atomic E-state index is -0.946. The Labute approximate surface area is 209 Å². The fourth-order valence-electron chi connectivity index (χ4n) is 6.47. The molecule has 2 saturated heterocycles. The zero-order valence-corrected chi connectivity index (χ0v) is 22.1. The van der Waals surface area contributed by atoms with Gasteiger partial charge in [-0.2, -0.15) is 0 Å². The second-order valence-electron chi connectivity index (χ2n) is 11.0. The molecule has 0 radical (unpaired) electrons. The van der Waals surface area contributed by atoms with E-state index in [4.69, 9.17) is 18.9 Å². The lowest BCUT2D eigenvalue weighted by Crippen LogP contribution is -2.51. The zero-order valence-electron chi connectivity index (χ0n) is 22.1. The maximum atomic E-state index is 12.8. The van der Waals surface area contributed by atoms with E-state index < -0.39 is 42.0 Å². The third kappa shape index (κ3) is 5.65. The smallest absolute Gasteiger partial charge is 0.306 e. The molecule has 0 amide bonds. The summed E-state index contributed by atoms with van der Waals surface area (Å²) in [5.41, 5.74) is 0.595. The normalized spacial score (nSPS) is 37.1. The molecule has 2 heterocycles. The molecule has 2 aliphatic heterocycles. The molecule has 0 unspecified atom stereocenters. The summed E-state index contributed by atoms with van der Waals surface area (Å²) in [6.45, 7) is 19.6. The number of fused-ring (bicyclic) bond motifs is 5. The number of hydrogen-bond acceptors (Lipinski definition) is 7. The molecule has 8 atom stereocenters. The van der Waals surface area contributed by atoms with Crippen molar-refractivity contribution in [2.45, 2.75) is 110 Å². The van der Waals surface area contributed by atoms with Gasteiger partial charge >= 0.3 is 17.9 Å². The molecular formula is C28H42O7. The lowest BCUT2D eigenvalue weighted by Gasteiger charge is -2.45. The van der Waals surface area contributed by atoms with Crippen LogP contribution in [0.1, 0.15) is 80.1 Å². The average Bonchev–Trinajstić information content (AvgIpc) is 3.16. The van der Waals surface area contributed by atoms with Crippen LogP contribution in [0.2, 0.25) is 0 Å². The van der Waals surface area contributed by atoms with Gasteiger partial charge in [0.05, 0.1) is 0 Å². The molecule has 0 spiro atoms. The summed E-state index contributed by atoms with van der Waals surface area (Å²) in [6.07, 6.45) is 1.19. The summed E-state index contributed by atoms with van der Waals surface area (Å²) in [6, 6.07) is 0. The van der Waals surface area contributed by atoms with Gasteiger partial charge in [0.25, 0.3) is 0 Å². The van der Waals surface area contributed by atoms with Crippen molar-refractivity contribution in [3.05, 3.63) is 24.3 Å². The Kier molecular flexibility index (Phi) is 8.51. The van der Waals surface area contributed by atoms with Gasteiger partial charge in [-0.25, -0.2) is 0 Å². The predicted octanol–water partition coefficient (Wildman–Crippen LogP) is 4.92. The second kappa shape index (κ2) is 10.9. The lowest BCUT2D eigenvalue weighted by atomic mass is 9.60. The van der Waals surface area contributed by atoms with E-state index in [0.29, 0.717) is 43.1 Å². The lowest BCUT2D eigenvalue weighted by molar-refractivity contribution is -0.185. The van der Waals surface area contributed by atoms with Gasteiger partial charge < -0.3 is 18.9 Å². The Morgan fingerprint density at radius 1 is 1.11 bits per heavy atom. The van der Waals surface area contributed by atoms with Crippen LogP contribution >= 0.6 is 0 Å². The van der Waals surface area contributed by atoms with Crippen LogP contribution in [0, 0.1) is 23.7 Å². The fraction of sp³-hybridized carbons (Fsp3) is 0.750. The minimum absolute atomic E-state index is 0.0526. The van der Waals surface area contributed by atoms with Crippen LogP contribution in [0.4, 0.5) is 0 Å². The van der Waals surface area contributed by atoms with Crippen molar-refractivity contribution >= 4 is 17.9 Å². The molecular weight excluding hydrogens is 448 g/mol. The molecule has 7 heteroatoms. The van der Waals surface area contributed by atoms with Crippen molar-refractivity contribution in [2.24, 2.45) is 23.7 Å². The van der Waals surface area contributed by atoms with Crippen molar-refractivity contribution in [1.29, 1.82) is 0 Å². The molecule has 3 fully saturated rings. The third-order valence-electron chi connectivity index (χ3n) is 8.03. The van der Waals surface area contributed by atoms with Crippen molar-refractivity contribution in [1.82, 2.24) is 0 Å². The largest absolute Gasteiger partial charge is 0.458 e. The summed E-state index contributed by atoms with van der Waals surface area (Å²) in [7, 11) is 0. The number of carbonyl (C=O) groups is 3. The summed E-state index contributed by atoms with van der Waals surface area (Å²) >= 11 is 0. The summed E-state index contributed by atoms with van der Waals surface area (Å²) in [4.78, 5) is 36.9. The van der Waals surface area contributed by atoms with E-state index in [9.17, 15) is 14.4 Å². The maximum Gasteiger partial charge on any atom is 0.306 e. The van der Waals surface area contributed by atoms with E-state index in [1.165, 1.54) is 13.8 Å². The van der Waals surface area contributed by atoms with Gasteiger partial charge in [0.1, 0.15) is 23.9 Å². The molecule has 35 heavy (non-hydrogen) atoms. The first-order valence-electron chi connectivity index (χ1n) is 13.0. The topological polar surface area (TPSA) is 88.1 Å². The van der Waals surface area contributed by atoms with Crippen molar-refractivity contribution in [3.63, 3.8) is 0 Å². The zero-order chi connectivity index (χ0) is 26.1. The van der Waals surface area contributed by atoms with Gasteiger partial charge in [-0.05, 0) is 50.9 Å². The number of ether oxygens (including phenoxy) is 4. The molecule has 196 valence electrons. The van der Waals surface area contributed by atoms with Gasteiger partial charge in [-0.1, -0.05) is 39.5 Å². The van der Waals surface area contributed by atoms with Crippen molar-refractivity contribution < 1.29 is 33.3 Å². The first-order chi connectivity index (χ1) is 16.4. The Hall–Kier alpha value is -2.15. The number of esters is 3. The molecule has 1 aliphatic carbocycles. The van der Waals surface area contributed by atoms with Gasteiger partial charge in [0.2, 0.25) is 0 Å². The monoisotopic (exact) mass is 490 g/mol.